The molecule has 1 aliphatic rings. The molecule has 1 aliphatic heterocycles. The Morgan fingerprint density at radius 3 is 3.09 bits per heavy atom. The van der Waals surface area contributed by atoms with E-state index in [1.54, 1.807) is 0 Å². The Morgan fingerprint density at radius 2 is 2.45 bits per heavy atom. The first-order valence-corrected chi connectivity index (χ1v) is 4.40. The molecule has 2 N–H and O–H groups in total. The molecule has 1 rings (SSSR count). The fourth-order valence-electron chi connectivity index (χ4n) is 1.71. The summed E-state index contributed by atoms with van der Waals surface area (Å²) in [5.74, 6) is 5.69. The lowest BCUT2D eigenvalue weighted by Gasteiger charge is -2.30. The fraction of sp³-hybridized carbons (Fsp3) is 1.00. The van der Waals surface area contributed by atoms with Gasteiger partial charge in [-0.15, -0.1) is 0 Å². The first-order chi connectivity index (χ1) is 5.36. The van der Waals surface area contributed by atoms with Gasteiger partial charge in [-0.05, 0) is 31.8 Å². The van der Waals surface area contributed by atoms with E-state index in [-0.39, 0.29) is 0 Å². The molecular weight excluding hydrogens is 140 g/mol. The molecule has 1 fully saturated rings. The van der Waals surface area contributed by atoms with Crippen LogP contribution in [0.5, 0.6) is 0 Å². The lowest BCUT2D eigenvalue weighted by Crippen LogP contribution is -2.37. The van der Waals surface area contributed by atoms with Crippen LogP contribution in [-0.4, -0.2) is 31.1 Å². The highest BCUT2D eigenvalue weighted by molar-refractivity contribution is 4.71. The molecule has 0 spiro atoms. The topological polar surface area (TPSA) is 38.5 Å². The third kappa shape index (κ3) is 2.77. The van der Waals surface area contributed by atoms with Crippen LogP contribution in [0.2, 0.25) is 0 Å². The normalized spacial score (nSPS) is 27.3. The second-order valence-corrected chi connectivity index (χ2v) is 3.23. The second kappa shape index (κ2) is 4.70. The van der Waals surface area contributed by atoms with Crippen molar-refractivity contribution in [2.24, 2.45) is 11.8 Å². The predicted molar refractivity (Wildman–Crippen MR) is 45.0 cm³/mol. The van der Waals surface area contributed by atoms with Crippen LogP contribution in [0.3, 0.4) is 0 Å². The van der Waals surface area contributed by atoms with Crippen molar-refractivity contribution in [1.29, 1.82) is 0 Å². The van der Waals surface area contributed by atoms with Crippen molar-refractivity contribution in [2.75, 3.05) is 26.2 Å². The molecule has 0 aromatic heterocycles. The zero-order valence-electron chi connectivity index (χ0n) is 7.25. The molecule has 1 heterocycles. The van der Waals surface area contributed by atoms with Gasteiger partial charge in [-0.2, -0.15) is 0 Å². The zero-order chi connectivity index (χ0) is 8.10. The van der Waals surface area contributed by atoms with Crippen LogP contribution in [0.1, 0.15) is 19.8 Å². The molecule has 1 atom stereocenters. The number of hydrogen-bond acceptors (Lipinski definition) is 3. The van der Waals surface area contributed by atoms with Crippen LogP contribution < -0.4 is 5.90 Å². The van der Waals surface area contributed by atoms with Gasteiger partial charge in [0, 0.05) is 6.54 Å². The first kappa shape index (κ1) is 8.97. The van der Waals surface area contributed by atoms with E-state index in [0.29, 0.717) is 5.92 Å². The average Bonchev–Trinajstić information content (AvgIpc) is 2.06. The summed E-state index contributed by atoms with van der Waals surface area (Å²) in [4.78, 5) is 7.10. The Bertz CT molecular complexity index is 106. The molecular formula is C8H18N2O. The number of nitrogens with zero attached hydrogens (tertiary/aromatic N) is 1. The van der Waals surface area contributed by atoms with Crippen LogP contribution in [0.15, 0.2) is 0 Å². The lowest BCUT2D eigenvalue weighted by atomic mass is 9.99. The van der Waals surface area contributed by atoms with E-state index >= 15 is 0 Å². The smallest absolute Gasteiger partial charge is 0.0719 e. The second-order valence-electron chi connectivity index (χ2n) is 3.23. The van der Waals surface area contributed by atoms with Gasteiger partial charge in [-0.3, -0.25) is 0 Å². The van der Waals surface area contributed by atoms with Gasteiger partial charge in [0.15, 0.2) is 0 Å². The summed E-state index contributed by atoms with van der Waals surface area (Å²) >= 11 is 0. The highest BCUT2D eigenvalue weighted by atomic mass is 16.6. The Balaban J connectivity index is 2.21. The van der Waals surface area contributed by atoms with E-state index in [1.807, 2.05) is 0 Å². The predicted octanol–water partition coefficient (Wildman–Crippen LogP) is 0.609. The minimum Gasteiger partial charge on any atom is -0.304 e. The Kier molecular flexibility index (Phi) is 3.83. The molecule has 0 bridgehead atoms. The minimum absolute atomic E-state index is 0.661. The van der Waals surface area contributed by atoms with Gasteiger partial charge in [0.2, 0.25) is 0 Å². The molecule has 0 amide bonds. The maximum Gasteiger partial charge on any atom is 0.0719 e. The number of nitrogens with two attached hydrogens (primary N) is 1. The highest BCUT2D eigenvalue weighted by Crippen LogP contribution is 2.15. The largest absolute Gasteiger partial charge is 0.304 e. The summed E-state index contributed by atoms with van der Waals surface area (Å²) in [6, 6.07) is 0. The number of rotatable bonds is 3. The third-order valence-electron chi connectivity index (χ3n) is 2.38. The molecule has 0 aromatic carbocycles. The van der Waals surface area contributed by atoms with Gasteiger partial charge in [0.1, 0.15) is 0 Å². The molecule has 0 saturated carbocycles. The van der Waals surface area contributed by atoms with Crippen molar-refractivity contribution in [3.8, 4) is 0 Å². The number of hydrogen-bond donors (Lipinski definition) is 1. The summed E-state index contributed by atoms with van der Waals surface area (Å²) in [7, 11) is 0. The quantitative estimate of drug-likeness (QED) is 0.612. The van der Waals surface area contributed by atoms with Gasteiger partial charge < -0.3 is 9.74 Å². The van der Waals surface area contributed by atoms with Crippen molar-refractivity contribution >= 4 is 0 Å². The van der Waals surface area contributed by atoms with Crippen molar-refractivity contribution < 1.29 is 4.84 Å². The number of likely N-dealkylation sites (tertiary alicyclic amines) is 1. The Hall–Kier alpha value is -0.120. The van der Waals surface area contributed by atoms with E-state index in [0.717, 1.165) is 19.7 Å². The van der Waals surface area contributed by atoms with Crippen molar-refractivity contribution in [1.82, 2.24) is 4.90 Å². The molecule has 0 radical (unpaired) electrons. The van der Waals surface area contributed by atoms with Crippen LogP contribution in [0.4, 0.5) is 0 Å². The lowest BCUT2D eigenvalue weighted by molar-refractivity contribution is 0.0624. The summed E-state index contributed by atoms with van der Waals surface area (Å²) in [6.45, 7) is 6.48. The van der Waals surface area contributed by atoms with Gasteiger partial charge in [0.05, 0.1) is 6.61 Å². The average molecular weight is 158 g/mol. The SMILES string of the molecule is CCN1CCCC(CON)C1. The third-order valence-corrected chi connectivity index (χ3v) is 2.38. The van der Waals surface area contributed by atoms with Gasteiger partial charge in [-0.25, -0.2) is 5.90 Å². The Labute approximate surface area is 68.5 Å². The first-order valence-electron chi connectivity index (χ1n) is 4.40. The zero-order valence-corrected chi connectivity index (χ0v) is 7.25. The summed E-state index contributed by atoms with van der Waals surface area (Å²) in [5.41, 5.74) is 0. The van der Waals surface area contributed by atoms with E-state index in [2.05, 4.69) is 16.7 Å². The van der Waals surface area contributed by atoms with Gasteiger partial charge in [-0.1, -0.05) is 6.92 Å². The van der Waals surface area contributed by atoms with E-state index in [9.17, 15) is 0 Å². The molecule has 1 unspecified atom stereocenters. The van der Waals surface area contributed by atoms with Crippen molar-refractivity contribution in [3.63, 3.8) is 0 Å². The number of piperidine rings is 1. The van der Waals surface area contributed by atoms with E-state index in [4.69, 9.17) is 5.90 Å². The molecule has 11 heavy (non-hydrogen) atoms. The minimum atomic E-state index is 0.661. The van der Waals surface area contributed by atoms with Gasteiger partial charge in [0.25, 0.3) is 0 Å². The fourth-order valence-corrected chi connectivity index (χ4v) is 1.71. The maximum atomic E-state index is 5.03. The maximum absolute atomic E-state index is 5.03. The molecule has 1 saturated heterocycles. The molecule has 0 aliphatic carbocycles. The Morgan fingerprint density at radius 1 is 1.64 bits per heavy atom. The standard InChI is InChI=1S/C8H18N2O/c1-2-10-5-3-4-8(6-10)7-11-9/h8H,2-7,9H2,1H3. The molecule has 0 aromatic rings. The van der Waals surface area contributed by atoms with Gasteiger partial charge >= 0.3 is 0 Å². The summed E-state index contributed by atoms with van der Waals surface area (Å²) in [6.07, 6.45) is 2.57. The summed E-state index contributed by atoms with van der Waals surface area (Å²) in [5, 5.41) is 0. The highest BCUT2D eigenvalue weighted by Gasteiger charge is 2.17. The monoisotopic (exact) mass is 158 g/mol. The van der Waals surface area contributed by atoms with Crippen LogP contribution in [-0.2, 0) is 4.84 Å². The molecule has 3 nitrogen and oxygen atoms in total. The van der Waals surface area contributed by atoms with Crippen LogP contribution in [0, 0.1) is 5.92 Å². The summed E-state index contributed by atoms with van der Waals surface area (Å²) < 4.78 is 0. The van der Waals surface area contributed by atoms with Crippen LogP contribution in [0.25, 0.3) is 0 Å². The molecule has 66 valence electrons. The molecule has 3 heteroatoms. The van der Waals surface area contributed by atoms with Crippen molar-refractivity contribution in [2.45, 2.75) is 19.8 Å². The van der Waals surface area contributed by atoms with Crippen LogP contribution >= 0.6 is 0 Å². The van der Waals surface area contributed by atoms with E-state index in [1.165, 1.54) is 19.4 Å². The van der Waals surface area contributed by atoms with E-state index < -0.39 is 0 Å². The van der Waals surface area contributed by atoms with Crippen molar-refractivity contribution in [3.05, 3.63) is 0 Å².